The third kappa shape index (κ3) is 2.75. The van der Waals surface area contributed by atoms with Gasteiger partial charge in [0.2, 0.25) is 5.82 Å². The molecule has 0 fully saturated rings. The summed E-state index contributed by atoms with van der Waals surface area (Å²) in [5.41, 5.74) is 6.60. The third-order valence-electron chi connectivity index (χ3n) is 3.00. The summed E-state index contributed by atoms with van der Waals surface area (Å²) in [6.45, 7) is 0. The lowest BCUT2D eigenvalue weighted by atomic mass is 10.2. The Hall–Kier alpha value is -2.54. The predicted molar refractivity (Wildman–Crippen MR) is 83.0 cm³/mol. The summed E-state index contributed by atoms with van der Waals surface area (Å²) >= 11 is 3.36. The van der Waals surface area contributed by atoms with Gasteiger partial charge in [-0.3, -0.25) is 4.79 Å². The maximum absolute atomic E-state index is 13.1. The van der Waals surface area contributed by atoms with E-state index in [0.29, 0.717) is 17.1 Å². The largest absolute Gasteiger partial charge is 0.363 e. The Bertz CT molecular complexity index is 765. The standard InChI is InChI=1S/C15H10BrFN4O/c16-10-3-7-12(8-4-10)21-15(19-14(20-21)13(18)22)9-1-5-11(17)6-2-9/h1-8H,(H2,18,22). The van der Waals surface area contributed by atoms with Crippen LogP contribution in [0.25, 0.3) is 17.1 Å². The first-order valence-corrected chi connectivity index (χ1v) is 7.12. The van der Waals surface area contributed by atoms with Gasteiger partial charge in [-0.25, -0.2) is 14.1 Å². The van der Waals surface area contributed by atoms with Gasteiger partial charge in [0.05, 0.1) is 5.69 Å². The van der Waals surface area contributed by atoms with E-state index in [4.69, 9.17) is 5.73 Å². The molecule has 3 rings (SSSR count). The summed E-state index contributed by atoms with van der Waals surface area (Å²) in [4.78, 5) is 15.5. The molecule has 7 heteroatoms. The lowest BCUT2D eigenvalue weighted by molar-refractivity contribution is 0.0990. The van der Waals surface area contributed by atoms with Gasteiger partial charge in [0.25, 0.3) is 5.91 Å². The van der Waals surface area contributed by atoms with Gasteiger partial charge in [0.1, 0.15) is 5.82 Å². The molecule has 110 valence electrons. The number of carbonyl (C=O) groups is 1. The van der Waals surface area contributed by atoms with Crippen molar-refractivity contribution < 1.29 is 9.18 Å². The highest BCUT2D eigenvalue weighted by molar-refractivity contribution is 9.10. The van der Waals surface area contributed by atoms with Crippen molar-refractivity contribution in [2.24, 2.45) is 5.73 Å². The Morgan fingerprint density at radius 1 is 1.09 bits per heavy atom. The van der Waals surface area contributed by atoms with Crippen LogP contribution in [0.1, 0.15) is 10.6 Å². The van der Waals surface area contributed by atoms with Gasteiger partial charge in [-0.15, -0.1) is 5.10 Å². The van der Waals surface area contributed by atoms with Crippen LogP contribution in [0.15, 0.2) is 53.0 Å². The first-order chi connectivity index (χ1) is 10.5. The Kier molecular flexibility index (Phi) is 3.72. The summed E-state index contributed by atoms with van der Waals surface area (Å²) in [7, 11) is 0. The number of aromatic nitrogens is 3. The smallest absolute Gasteiger partial charge is 0.288 e. The highest BCUT2D eigenvalue weighted by Crippen LogP contribution is 2.22. The number of hydrogen-bond donors (Lipinski definition) is 1. The van der Waals surface area contributed by atoms with Crippen molar-refractivity contribution in [3.8, 4) is 17.1 Å². The number of nitrogens with two attached hydrogens (primary N) is 1. The fraction of sp³-hybridized carbons (Fsp3) is 0. The van der Waals surface area contributed by atoms with Crippen LogP contribution in [-0.2, 0) is 0 Å². The van der Waals surface area contributed by atoms with Crippen LogP contribution in [0.2, 0.25) is 0 Å². The number of amides is 1. The van der Waals surface area contributed by atoms with Crippen LogP contribution >= 0.6 is 15.9 Å². The van der Waals surface area contributed by atoms with Gasteiger partial charge in [-0.2, -0.15) is 0 Å². The average molecular weight is 361 g/mol. The van der Waals surface area contributed by atoms with Crippen LogP contribution in [0.4, 0.5) is 4.39 Å². The molecule has 5 nitrogen and oxygen atoms in total. The lowest BCUT2D eigenvalue weighted by Gasteiger charge is -2.06. The first kappa shape index (κ1) is 14.4. The number of halogens is 2. The van der Waals surface area contributed by atoms with E-state index in [-0.39, 0.29) is 11.6 Å². The minimum atomic E-state index is -0.723. The molecule has 3 aromatic rings. The topological polar surface area (TPSA) is 73.8 Å². The average Bonchev–Trinajstić information content (AvgIpc) is 2.94. The SMILES string of the molecule is NC(=O)c1nc(-c2ccc(F)cc2)n(-c2ccc(Br)cc2)n1. The number of hydrogen-bond acceptors (Lipinski definition) is 3. The highest BCUT2D eigenvalue weighted by Gasteiger charge is 2.16. The van der Waals surface area contributed by atoms with Crippen LogP contribution in [0.5, 0.6) is 0 Å². The molecule has 0 aliphatic rings. The Labute approximate surface area is 133 Å². The van der Waals surface area contributed by atoms with E-state index >= 15 is 0 Å². The number of rotatable bonds is 3. The molecule has 0 saturated heterocycles. The number of nitrogens with zero attached hydrogens (tertiary/aromatic N) is 3. The molecule has 0 aliphatic carbocycles. The molecule has 0 aliphatic heterocycles. The first-order valence-electron chi connectivity index (χ1n) is 6.33. The maximum Gasteiger partial charge on any atom is 0.288 e. The summed E-state index contributed by atoms with van der Waals surface area (Å²) in [5.74, 6) is -0.758. The minimum Gasteiger partial charge on any atom is -0.363 e. The molecule has 1 aromatic heterocycles. The van der Waals surface area contributed by atoms with Gasteiger partial charge in [-0.1, -0.05) is 15.9 Å². The third-order valence-corrected chi connectivity index (χ3v) is 3.53. The second-order valence-corrected chi connectivity index (χ2v) is 5.43. The molecule has 0 bridgehead atoms. The van der Waals surface area contributed by atoms with E-state index in [0.717, 1.165) is 4.47 Å². The quantitative estimate of drug-likeness (QED) is 0.780. The van der Waals surface area contributed by atoms with Gasteiger partial charge < -0.3 is 5.73 Å². The van der Waals surface area contributed by atoms with Crippen LogP contribution in [0.3, 0.4) is 0 Å². The summed E-state index contributed by atoms with van der Waals surface area (Å²) < 4.78 is 15.5. The van der Waals surface area contributed by atoms with Crippen molar-refractivity contribution in [1.29, 1.82) is 0 Å². The molecular formula is C15H10BrFN4O. The second kappa shape index (κ2) is 5.69. The summed E-state index contributed by atoms with van der Waals surface area (Å²) in [5, 5.41) is 4.13. The van der Waals surface area contributed by atoms with Crippen LogP contribution in [-0.4, -0.2) is 20.7 Å². The molecule has 22 heavy (non-hydrogen) atoms. The van der Waals surface area contributed by atoms with Crippen molar-refractivity contribution in [1.82, 2.24) is 14.8 Å². The van der Waals surface area contributed by atoms with E-state index in [2.05, 4.69) is 26.0 Å². The zero-order valence-electron chi connectivity index (χ0n) is 11.2. The fourth-order valence-corrected chi connectivity index (χ4v) is 2.23. The molecule has 2 N–H and O–H groups in total. The Morgan fingerprint density at radius 2 is 1.73 bits per heavy atom. The normalized spacial score (nSPS) is 10.6. The minimum absolute atomic E-state index is 0.0951. The number of primary amides is 1. The van der Waals surface area contributed by atoms with E-state index in [1.54, 1.807) is 12.1 Å². The second-order valence-electron chi connectivity index (χ2n) is 4.52. The Morgan fingerprint density at radius 3 is 2.32 bits per heavy atom. The van der Waals surface area contributed by atoms with Crippen LogP contribution in [0, 0.1) is 5.82 Å². The molecule has 0 unspecified atom stereocenters. The van der Waals surface area contributed by atoms with Gasteiger partial charge >= 0.3 is 0 Å². The van der Waals surface area contributed by atoms with Crippen molar-refractivity contribution in [2.75, 3.05) is 0 Å². The summed E-state index contributed by atoms with van der Waals surface area (Å²) in [6.07, 6.45) is 0. The van der Waals surface area contributed by atoms with E-state index < -0.39 is 5.91 Å². The van der Waals surface area contributed by atoms with Crippen molar-refractivity contribution in [3.63, 3.8) is 0 Å². The van der Waals surface area contributed by atoms with Gasteiger partial charge in [-0.05, 0) is 48.5 Å². The Balaban J connectivity index is 2.17. The molecule has 0 saturated carbocycles. The molecule has 0 radical (unpaired) electrons. The predicted octanol–water partition coefficient (Wildman–Crippen LogP) is 2.93. The van der Waals surface area contributed by atoms with E-state index in [1.165, 1.54) is 16.8 Å². The zero-order valence-corrected chi connectivity index (χ0v) is 12.8. The fourth-order valence-electron chi connectivity index (χ4n) is 1.96. The van der Waals surface area contributed by atoms with Gasteiger partial charge in [0, 0.05) is 10.0 Å². The monoisotopic (exact) mass is 360 g/mol. The molecular weight excluding hydrogens is 351 g/mol. The van der Waals surface area contributed by atoms with Crippen molar-refractivity contribution in [3.05, 3.63) is 64.6 Å². The van der Waals surface area contributed by atoms with Crippen molar-refractivity contribution >= 4 is 21.8 Å². The molecule has 0 atom stereocenters. The molecule has 2 aromatic carbocycles. The highest BCUT2D eigenvalue weighted by atomic mass is 79.9. The van der Waals surface area contributed by atoms with Crippen molar-refractivity contribution in [2.45, 2.75) is 0 Å². The molecule has 1 amide bonds. The summed E-state index contributed by atoms with van der Waals surface area (Å²) in [6, 6.07) is 13.1. The maximum atomic E-state index is 13.1. The zero-order chi connectivity index (χ0) is 15.7. The van der Waals surface area contributed by atoms with Gasteiger partial charge in [0.15, 0.2) is 5.82 Å². The van der Waals surface area contributed by atoms with E-state index in [9.17, 15) is 9.18 Å². The number of carbonyl (C=O) groups excluding carboxylic acids is 1. The number of benzene rings is 2. The lowest BCUT2D eigenvalue weighted by Crippen LogP contribution is -2.13. The molecule has 1 heterocycles. The van der Waals surface area contributed by atoms with E-state index in [1.807, 2.05) is 24.3 Å². The van der Waals surface area contributed by atoms with Crippen LogP contribution < -0.4 is 5.73 Å². The molecule has 0 spiro atoms.